The summed E-state index contributed by atoms with van der Waals surface area (Å²) >= 11 is 2.05. The van der Waals surface area contributed by atoms with Gasteiger partial charge in [0.1, 0.15) is 5.75 Å². The Bertz CT molecular complexity index is 632. The molecule has 1 unspecified atom stereocenters. The molecule has 1 heterocycles. The summed E-state index contributed by atoms with van der Waals surface area (Å²) in [5, 5.41) is 10.4. The minimum absolute atomic E-state index is 0. The van der Waals surface area contributed by atoms with Crippen molar-refractivity contribution in [2.75, 3.05) is 32.5 Å². The number of nitrogens with one attached hydrogen (secondary N) is 3. The second-order valence-corrected chi connectivity index (χ2v) is 8.45. The van der Waals surface area contributed by atoms with Crippen molar-refractivity contribution in [2.24, 2.45) is 4.99 Å². The van der Waals surface area contributed by atoms with Crippen LogP contribution in [0.2, 0.25) is 0 Å². The molecule has 28 heavy (non-hydrogen) atoms. The first-order chi connectivity index (χ1) is 13.2. The lowest BCUT2D eigenvalue weighted by molar-refractivity contribution is -0.123. The van der Waals surface area contributed by atoms with E-state index in [1.807, 2.05) is 43.1 Å². The Hall–Kier alpha value is -1.16. The largest absolute Gasteiger partial charge is 0.484 e. The molecule has 1 aliphatic carbocycles. The Morgan fingerprint density at radius 3 is 2.64 bits per heavy atom. The van der Waals surface area contributed by atoms with Crippen LogP contribution in [-0.4, -0.2) is 55.7 Å². The summed E-state index contributed by atoms with van der Waals surface area (Å²) in [5.41, 5.74) is 1.22. The van der Waals surface area contributed by atoms with Gasteiger partial charge in [0.15, 0.2) is 12.6 Å². The van der Waals surface area contributed by atoms with E-state index in [4.69, 9.17) is 4.74 Å². The van der Waals surface area contributed by atoms with Crippen LogP contribution in [0.5, 0.6) is 5.75 Å². The minimum Gasteiger partial charge on any atom is -0.484 e. The molecular formula is C20H31IN4O2S. The lowest BCUT2D eigenvalue weighted by atomic mass is 10.1. The van der Waals surface area contributed by atoms with E-state index in [-0.39, 0.29) is 36.5 Å². The van der Waals surface area contributed by atoms with Crippen molar-refractivity contribution in [3.63, 3.8) is 0 Å². The lowest BCUT2D eigenvalue weighted by Crippen LogP contribution is -2.40. The zero-order valence-electron chi connectivity index (χ0n) is 16.4. The molecule has 1 aromatic carbocycles. The molecule has 156 valence electrons. The highest BCUT2D eigenvalue weighted by Gasteiger charge is 2.23. The number of thioether (sulfide) groups is 1. The maximum absolute atomic E-state index is 11.6. The third-order valence-electron chi connectivity index (χ3n) is 4.69. The fourth-order valence-electron chi connectivity index (χ4n) is 2.96. The topological polar surface area (TPSA) is 74.8 Å². The standard InChI is InChI=1S/C20H30N4O2S.HI/c1-21-20(23-13-18-3-2-12-27-18)22-11-10-15-4-8-17(9-5-15)26-14-19(25)24-16-6-7-16;/h4-5,8-9,16,18H,2-3,6-7,10-14H2,1H3,(H,24,25)(H2,21,22,23);1H. The maximum Gasteiger partial charge on any atom is 0.258 e. The van der Waals surface area contributed by atoms with E-state index in [0.717, 1.165) is 44.1 Å². The molecule has 2 fully saturated rings. The van der Waals surface area contributed by atoms with Gasteiger partial charge >= 0.3 is 0 Å². The number of amides is 1. The molecule has 0 aromatic heterocycles. The highest BCUT2D eigenvalue weighted by Crippen LogP contribution is 2.25. The van der Waals surface area contributed by atoms with Crippen molar-refractivity contribution in [3.05, 3.63) is 29.8 Å². The highest BCUT2D eigenvalue weighted by atomic mass is 127. The van der Waals surface area contributed by atoms with E-state index in [1.54, 1.807) is 0 Å². The lowest BCUT2D eigenvalue weighted by Gasteiger charge is -2.14. The smallest absolute Gasteiger partial charge is 0.258 e. The Labute approximate surface area is 189 Å². The summed E-state index contributed by atoms with van der Waals surface area (Å²) in [6.07, 6.45) is 5.71. The molecule has 3 rings (SSSR count). The molecule has 6 nitrogen and oxygen atoms in total. The molecule has 1 aromatic rings. The molecule has 1 amide bonds. The van der Waals surface area contributed by atoms with Gasteiger partial charge in [0.2, 0.25) is 0 Å². The van der Waals surface area contributed by atoms with Gasteiger partial charge in [-0.25, -0.2) is 0 Å². The maximum atomic E-state index is 11.6. The normalized spacial score (nSPS) is 18.9. The van der Waals surface area contributed by atoms with Crippen LogP contribution in [0.3, 0.4) is 0 Å². The van der Waals surface area contributed by atoms with E-state index in [0.29, 0.717) is 11.3 Å². The first kappa shape index (κ1) is 23.1. The molecule has 1 atom stereocenters. The zero-order chi connectivity index (χ0) is 18.9. The van der Waals surface area contributed by atoms with Crippen LogP contribution in [0.15, 0.2) is 29.3 Å². The number of carbonyl (C=O) groups excluding carboxylic acids is 1. The van der Waals surface area contributed by atoms with Gasteiger partial charge in [-0.1, -0.05) is 12.1 Å². The number of ether oxygens (including phenoxy) is 1. The molecular weight excluding hydrogens is 487 g/mol. The second-order valence-electron chi connectivity index (χ2n) is 7.04. The molecule has 8 heteroatoms. The Morgan fingerprint density at radius 1 is 1.21 bits per heavy atom. The predicted octanol–water partition coefficient (Wildman–Crippen LogP) is 2.57. The molecule has 1 saturated carbocycles. The van der Waals surface area contributed by atoms with E-state index in [1.165, 1.54) is 24.2 Å². The third-order valence-corrected chi connectivity index (χ3v) is 6.08. The van der Waals surface area contributed by atoms with Crippen molar-refractivity contribution in [2.45, 2.75) is 43.4 Å². The zero-order valence-corrected chi connectivity index (χ0v) is 19.6. The Morgan fingerprint density at radius 2 is 2.00 bits per heavy atom. The molecule has 1 aliphatic heterocycles. The molecule has 0 spiro atoms. The van der Waals surface area contributed by atoms with Gasteiger partial charge in [0.25, 0.3) is 5.91 Å². The summed E-state index contributed by atoms with van der Waals surface area (Å²) in [6, 6.07) is 8.30. The van der Waals surface area contributed by atoms with Crippen LogP contribution in [0.1, 0.15) is 31.2 Å². The number of benzene rings is 1. The van der Waals surface area contributed by atoms with Crippen LogP contribution >= 0.6 is 35.7 Å². The van der Waals surface area contributed by atoms with Gasteiger partial charge in [-0.3, -0.25) is 9.79 Å². The van der Waals surface area contributed by atoms with Crippen molar-refractivity contribution in [3.8, 4) is 5.75 Å². The molecule has 0 bridgehead atoms. The number of rotatable bonds is 9. The summed E-state index contributed by atoms with van der Waals surface area (Å²) in [5.74, 6) is 2.83. The predicted molar refractivity (Wildman–Crippen MR) is 127 cm³/mol. The van der Waals surface area contributed by atoms with Gasteiger partial charge in [-0.2, -0.15) is 11.8 Å². The van der Waals surface area contributed by atoms with Gasteiger partial charge in [-0.15, -0.1) is 24.0 Å². The van der Waals surface area contributed by atoms with Crippen LogP contribution < -0.4 is 20.7 Å². The average molecular weight is 518 g/mol. The van der Waals surface area contributed by atoms with Gasteiger partial charge in [-0.05, 0) is 55.6 Å². The summed E-state index contributed by atoms with van der Waals surface area (Å²) in [6.45, 7) is 1.88. The van der Waals surface area contributed by atoms with Crippen molar-refractivity contribution in [1.82, 2.24) is 16.0 Å². The van der Waals surface area contributed by atoms with Crippen LogP contribution in [0.4, 0.5) is 0 Å². The summed E-state index contributed by atoms with van der Waals surface area (Å²) in [4.78, 5) is 15.9. The van der Waals surface area contributed by atoms with E-state index < -0.39 is 0 Å². The number of aliphatic imine (C=N–C) groups is 1. The molecule has 0 radical (unpaired) electrons. The van der Waals surface area contributed by atoms with Crippen LogP contribution in [0.25, 0.3) is 0 Å². The van der Waals surface area contributed by atoms with E-state index in [2.05, 4.69) is 20.9 Å². The number of nitrogens with zero attached hydrogens (tertiary/aromatic N) is 1. The summed E-state index contributed by atoms with van der Waals surface area (Å²) < 4.78 is 5.53. The van der Waals surface area contributed by atoms with E-state index in [9.17, 15) is 4.79 Å². The highest BCUT2D eigenvalue weighted by molar-refractivity contribution is 14.0. The molecule has 3 N–H and O–H groups in total. The number of hydrogen-bond acceptors (Lipinski definition) is 4. The van der Waals surface area contributed by atoms with Crippen molar-refractivity contribution < 1.29 is 9.53 Å². The fraction of sp³-hybridized carbons (Fsp3) is 0.600. The average Bonchev–Trinajstić information content (AvgIpc) is 3.34. The fourth-order valence-corrected chi connectivity index (χ4v) is 4.16. The number of halogens is 1. The van der Waals surface area contributed by atoms with Gasteiger partial charge < -0.3 is 20.7 Å². The van der Waals surface area contributed by atoms with Gasteiger partial charge in [0.05, 0.1) is 0 Å². The van der Waals surface area contributed by atoms with Crippen molar-refractivity contribution >= 4 is 47.6 Å². The first-order valence-corrected chi connectivity index (χ1v) is 10.8. The second kappa shape index (κ2) is 12.4. The Kier molecular flexibility index (Phi) is 10.3. The SMILES string of the molecule is CN=C(NCCc1ccc(OCC(=O)NC2CC2)cc1)NCC1CCCS1.I. The van der Waals surface area contributed by atoms with Gasteiger partial charge in [0, 0.05) is 31.4 Å². The number of hydrogen-bond donors (Lipinski definition) is 3. The number of carbonyl (C=O) groups is 1. The first-order valence-electron chi connectivity index (χ1n) is 9.80. The van der Waals surface area contributed by atoms with Crippen molar-refractivity contribution in [1.29, 1.82) is 0 Å². The molecule has 1 saturated heterocycles. The van der Waals surface area contributed by atoms with Crippen LogP contribution in [0, 0.1) is 0 Å². The monoisotopic (exact) mass is 518 g/mol. The van der Waals surface area contributed by atoms with E-state index >= 15 is 0 Å². The van der Waals surface area contributed by atoms with Crippen LogP contribution in [-0.2, 0) is 11.2 Å². The quantitative estimate of drug-likeness (QED) is 0.266. The molecule has 2 aliphatic rings. The summed E-state index contributed by atoms with van der Waals surface area (Å²) in [7, 11) is 1.81. The number of guanidine groups is 1. The third kappa shape index (κ3) is 8.46. The Balaban J connectivity index is 0.00000280. The minimum atomic E-state index is -0.0411.